The lowest BCUT2D eigenvalue weighted by molar-refractivity contribution is 0.104. The second-order valence-electron chi connectivity index (χ2n) is 3.97. The van der Waals surface area contributed by atoms with E-state index >= 15 is 0 Å². The Morgan fingerprint density at radius 2 is 2.17 bits per heavy atom. The number of nitriles is 1. The van der Waals surface area contributed by atoms with Crippen molar-refractivity contribution in [1.29, 1.82) is 5.26 Å². The summed E-state index contributed by atoms with van der Waals surface area (Å²) in [5.74, 6) is -0.0687. The molecule has 88 valence electrons. The molecule has 0 fully saturated rings. The van der Waals surface area contributed by atoms with Crippen molar-refractivity contribution in [2.24, 2.45) is 0 Å². The van der Waals surface area contributed by atoms with E-state index in [0.29, 0.717) is 16.7 Å². The number of hydrogen-bond acceptors (Lipinski definition) is 3. The third-order valence-corrected chi connectivity index (χ3v) is 4.32. The van der Waals surface area contributed by atoms with E-state index in [-0.39, 0.29) is 11.5 Å². The van der Waals surface area contributed by atoms with Crippen LogP contribution in [0.5, 0.6) is 0 Å². The molecule has 0 saturated heterocycles. The first kappa shape index (κ1) is 12.3. The SMILES string of the molecule is [C-]#[N+]/C(C#N)=C1\C(=C\C)C(=O)c2c1sc(C)c2C. The molecule has 2 rings (SSSR count). The molecule has 1 aliphatic carbocycles. The highest BCUT2D eigenvalue weighted by molar-refractivity contribution is 7.14. The Kier molecular flexibility index (Phi) is 2.90. The zero-order chi connectivity index (χ0) is 13.4. The number of nitrogens with zero attached hydrogens (tertiary/aromatic N) is 2. The molecule has 0 spiro atoms. The van der Waals surface area contributed by atoms with Crippen molar-refractivity contribution in [2.75, 3.05) is 0 Å². The fraction of sp³-hybridized carbons (Fsp3) is 0.214. The number of allylic oxidation sites excluding steroid dienone is 4. The largest absolute Gasteiger partial charge is 0.289 e. The summed E-state index contributed by atoms with van der Waals surface area (Å²) in [5, 5.41) is 9.03. The van der Waals surface area contributed by atoms with Crippen molar-refractivity contribution in [2.45, 2.75) is 20.8 Å². The smallest absolute Gasteiger partial charge is 0.271 e. The molecule has 3 nitrogen and oxygen atoms in total. The normalized spacial score (nSPS) is 18.5. The first-order chi connectivity index (χ1) is 8.56. The van der Waals surface area contributed by atoms with Crippen LogP contribution in [0.4, 0.5) is 0 Å². The van der Waals surface area contributed by atoms with E-state index in [0.717, 1.165) is 15.3 Å². The fourth-order valence-electron chi connectivity index (χ4n) is 2.09. The summed E-state index contributed by atoms with van der Waals surface area (Å²) >= 11 is 1.48. The minimum Gasteiger partial charge on any atom is -0.289 e. The summed E-state index contributed by atoms with van der Waals surface area (Å²) in [4.78, 5) is 17.4. The number of thiophene rings is 1. The van der Waals surface area contributed by atoms with Gasteiger partial charge in [-0.3, -0.25) is 4.79 Å². The Labute approximate surface area is 109 Å². The molecule has 1 aliphatic rings. The predicted molar refractivity (Wildman–Crippen MR) is 71.0 cm³/mol. The summed E-state index contributed by atoms with van der Waals surface area (Å²) in [6.07, 6.45) is 1.68. The van der Waals surface area contributed by atoms with Crippen LogP contribution in [-0.2, 0) is 0 Å². The van der Waals surface area contributed by atoms with Crippen LogP contribution in [0.1, 0.15) is 32.6 Å². The zero-order valence-corrected chi connectivity index (χ0v) is 11.1. The van der Waals surface area contributed by atoms with E-state index < -0.39 is 0 Å². The predicted octanol–water partition coefficient (Wildman–Crippen LogP) is 3.66. The van der Waals surface area contributed by atoms with Gasteiger partial charge in [-0.1, -0.05) is 6.08 Å². The number of Topliss-reactive ketones (excluding diaryl/α,β-unsaturated/α-hetero) is 1. The Morgan fingerprint density at radius 3 is 2.67 bits per heavy atom. The van der Waals surface area contributed by atoms with Crippen molar-refractivity contribution in [1.82, 2.24) is 0 Å². The van der Waals surface area contributed by atoms with Gasteiger partial charge in [-0.15, -0.1) is 11.3 Å². The molecule has 0 amide bonds. The summed E-state index contributed by atoms with van der Waals surface area (Å²) in [6, 6.07) is 1.89. The molecular weight excluding hydrogens is 244 g/mol. The lowest BCUT2D eigenvalue weighted by atomic mass is 10.1. The van der Waals surface area contributed by atoms with Crippen molar-refractivity contribution in [3.63, 3.8) is 0 Å². The van der Waals surface area contributed by atoms with Gasteiger partial charge in [-0.25, -0.2) is 10.1 Å². The van der Waals surface area contributed by atoms with Crippen LogP contribution in [0.15, 0.2) is 17.3 Å². The Bertz CT molecular complexity index is 689. The van der Waals surface area contributed by atoms with E-state index in [4.69, 9.17) is 11.8 Å². The maximum Gasteiger partial charge on any atom is 0.271 e. The molecule has 0 unspecified atom stereocenters. The number of carbonyl (C=O) groups is 1. The summed E-state index contributed by atoms with van der Waals surface area (Å²) in [7, 11) is 0. The first-order valence-corrected chi connectivity index (χ1v) is 6.22. The van der Waals surface area contributed by atoms with Crippen molar-refractivity contribution >= 4 is 22.7 Å². The standard InChI is InChI=1S/C14H10N2OS/c1-5-9-12(10(6-15)16-4)14-11(13(9)17)7(2)8(3)18-14/h5H,1-3H3/b9-5-,12-10+. The summed E-state index contributed by atoms with van der Waals surface area (Å²) in [6.45, 7) is 12.7. The van der Waals surface area contributed by atoms with E-state index in [1.165, 1.54) is 11.3 Å². The Morgan fingerprint density at radius 1 is 1.50 bits per heavy atom. The second-order valence-corrected chi connectivity index (χ2v) is 5.19. The second kappa shape index (κ2) is 4.25. The number of carbonyl (C=O) groups excluding carboxylic acids is 1. The number of ketones is 1. The Balaban J connectivity index is 2.90. The highest BCUT2D eigenvalue weighted by Gasteiger charge is 2.35. The number of fused-ring (bicyclic) bond motifs is 1. The quantitative estimate of drug-likeness (QED) is 0.403. The lowest BCUT2D eigenvalue weighted by Crippen LogP contribution is -1.97. The van der Waals surface area contributed by atoms with Gasteiger partial charge in [0, 0.05) is 26.5 Å². The summed E-state index contributed by atoms with van der Waals surface area (Å²) < 4.78 is 0. The average Bonchev–Trinajstić information content (AvgIpc) is 2.79. The van der Waals surface area contributed by atoms with Gasteiger partial charge < -0.3 is 0 Å². The van der Waals surface area contributed by atoms with Crippen molar-refractivity contribution < 1.29 is 4.79 Å². The third-order valence-electron chi connectivity index (χ3n) is 3.10. The molecular formula is C14H10N2OS. The molecule has 1 aromatic rings. The number of aryl methyl sites for hydroxylation is 1. The maximum atomic E-state index is 12.3. The van der Waals surface area contributed by atoms with E-state index in [1.54, 1.807) is 13.0 Å². The van der Waals surface area contributed by atoms with Crippen LogP contribution in [0, 0.1) is 31.8 Å². The minimum absolute atomic E-state index is 0.00329. The van der Waals surface area contributed by atoms with Gasteiger partial charge in [0.05, 0.1) is 12.6 Å². The van der Waals surface area contributed by atoms with Gasteiger partial charge in [0.2, 0.25) is 0 Å². The number of rotatable bonds is 0. The molecule has 0 aliphatic heterocycles. The van der Waals surface area contributed by atoms with Crippen molar-refractivity contribution in [3.8, 4) is 6.07 Å². The van der Waals surface area contributed by atoms with Crippen LogP contribution in [-0.4, -0.2) is 5.78 Å². The van der Waals surface area contributed by atoms with Crippen LogP contribution < -0.4 is 0 Å². The zero-order valence-electron chi connectivity index (χ0n) is 10.3. The van der Waals surface area contributed by atoms with Gasteiger partial charge in [0.1, 0.15) is 0 Å². The van der Waals surface area contributed by atoms with Crippen LogP contribution in [0.25, 0.3) is 10.4 Å². The van der Waals surface area contributed by atoms with Gasteiger partial charge in [0.25, 0.3) is 5.70 Å². The minimum atomic E-state index is -0.0687. The molecule has 18 heavy (non-hydrogen) atoms. The fourth-order valence-corrected chi connectivity index (χ4v) is 3.31. The Hall–Kier alpha value is -2.17. The molecule has 1 aromatic heterocycles. The molecule has 0 atom stereocenters. The lowest BCUT2D eigenvalue weighted by Gasteiger charge is -2.00. The van der Waals surface area contributed by atoms with E-state index in [2.05, 4.69) is 4.85 Å². The molecule has 0 bridgehead atoms. The summed E-state index contributed by atoms with van der Waals surface area (Å²) in [5.41, 5.74) is 2.60. The molecule has 0 saturated carbocycles. The number of hydrogen-bond donors (Lipinski definition) is 0. The topological polar surface area (TPSA) is 45.2 Å². The van der Waals surface area contributed by atoms with Gasteiger partial charge >= 0.3 is 0 Å². The molecule has 0 radical (unpaired) electrons. The third kappa shape index (κ3) is 1.44. The average molecular weight is 254 g/mol. The highest BCUT2D eigenvalue weighted by Crippen LogP contribution is 2.45. The van der Waals surface area contributed by atoms with Gasteiger partial charge in [0.15, 0.2) is 5.78 Å². The molecule has 0 aromatic carbocycles. The first-order valence-electron chi connectivity index (χ1n) is 5.40. The molecule has 1 heterocycles. The van der Waals surface area contributed by atoms with Gasteiger partial charge in [-0.2, -0.15) is 0 Å². The van der Waals surface area contributed by atoms with Crippen LogP contribution >= 0.6 is 11.3 Å². The van der Waals surface area contributed by atoms with Crippen molar-refractivity contribution in [3.05, 3.63) is 49.6 Å². The molecule has 0 N–H and O–H groups in total. The van der Waals surface area contributed by atoms with Crippen LogP contribution in [0.3, 0.4) is 0 Å². The monoisotopic (exact) mass is 254 g/mol. The highest BCUT2D eigenvalue weighted by atomic mass is 32.1. The molecule has 4 heteroatoms. The van der Waals surface area contributed by atoms with E-state index in [1.807, 2.05) is 19.9 Å². The maximum absolute atomic E-state index is 12.3. The van der Waals surface area contributed by atoms with Gasteiger partial charge in [-0.05, 0) is 26.3 Å². The van der Waals surface area contributed by atoms with Crippen LogP contribution in [0.2, 0.25) is 0 Å². The van der Waals surface area contributed by atoms with E-state index in [9.17, 15) is 4.79 Å².